The molecule has 49 heavy (non-hydrogen) atoms. The molecule has 11 heteroatoms. The first-order valence-electron chi connectivity index (χ1n) is 16.9. The van der Waals surface area contributed by atoms with Crippen molar-refractivity contribution in [1.82, 2.24) is 15.0 Å². The van der Waals surface area contributed by atoms with Crippen LogP contribution in [0.5, 0.6) is 5.75 Å². The zero-order valence-corrected chi connectivity index (χ0v) is 28.4. The van der Waals surface area contributed by atoms with Gasteiger partial charge in [0, 0.05) is 48.9 Å². The molecule has 0 saturated carbocycles. The maximum Gasteiger partial charge on any atom is 0.414 e. The second-order valence-electron chi connectivity index (χ2n) is 13.7. The fourth-order valence-corrected chi connectivity index (χ4v) is 8.26. The maximum absolute atomic E-state index is 15.0. The van der Waals surface area contributed by atoms with Gasteiger partial charge < -0.3 is 24.2 Å². The predicted octanol–water partition coefficient (Wildman–Crippen LogP) is 5.24. The molecular formula is C38H43N5O6. The Hall–Kier alpha value is -4.74. The van der Waals surface area contributed by atoms with Crippen LogP contribution in [0.25, 0.3) is 0 Å². The molecule has 0 bridgehead atoms. The third kappa shape index (κ3) is 5.64. The van der Waals surface area contributed by atoms with Crippen molar-refractivity contribution in [2.24, 2.45) is 11.8 Å². The molecule has 1 N–H and O–H groups in total. The number of fused-ring (bicyclic) bond motifs is 2. The first-order valence-corrected chi connectivity index (χ1v) is 16.9. The van der Waals surface area contributed by atoms with E-state index in [0.717, 1.165) is 39.5 Å². The van der Waals surface area contributed by atoms with Crippen molar-refractivity contribution in [3.8, 4) is 5.75 Å². The number of para-hydroxylation sites is 1. The molecule has 0 aliphatic carbocycles. The summed E-state index contributed by atoms with van der Waals surface area (Å²) in [6, 6.07) is 23.8. The summed E-state index contributed by atoms with van der Waals surface area (Å²) in [7, 11) is 1.66. The number of anilines is 2. The van der Waals surface area contributed by atoms with Gasteiger partial charge >= 0.3 is 6.09 Å². The number of methoxy groups -OCH3 is 1. The first-order chi connectivity index (χ1) is 23.7. The number of hydrogen-bond donors (Lipinski definition) is 1. The quantitative estimate of drug-likeness (QED) is 0.231. The SMILES string of the molecule is COc1ccc(C(C)(C)[C@H]2[C@H](CCn3cc(CCO)nn3)O[C@@]3(C(=O)N(Cc4cccc(N5CCOC5=O)c4)c4ccccc43)[C@@H]2C)cc1. The molecule has 0 unspecified atom stereocenters. The molecule has 4 heterocycles. The van der Waals surface area contributed by atoms with Gasteiger partial charge in [-0.05, 0) is 53.3 Å². The highest BCUT2D eigenvalue weighted by Crippen LogP contribution is 2.60. The molecule has 2 fully saturated rings. The van der Waals surface area contributed by atoms with Crippen LogP contribution in [-0.2, 0) is 44.8 Å². The van der Waals surface area contributed by atoms with E-state index in [9.17, 15) is 9.90 Å². The number of hydrogen-bond acceptors (Lipinski definition) is 8. The van der Waals surface area contributed by atoms with Gasteiger partial charge in [-0.1, -0.05) is 68.4 Å². The molecule has 2 amide bonds. The second-order valence-corrected chi connectivity index (χ2v) is 13.7. The van der Waals surface area contributed by atoms with Gasteiger partial charge in [-0.15, -0.1) is 5.10 Å². The molecule has 3 aliphatic rings. The average Bonchev–Trinajstić information content (AvgIpc) is 3.87. The second kappa shape index (κ2) is 12.9. The van der Waals surface area contributed by atoms with E-state index in [4.69, 9.17) is 14.2 Å². The number of aliphatic hydroxyl groups is 1. The maximum atomic E-state index is 15.0. The molecule has 0 radical (unpaired) electrons. The topological polar surface area (TPSA) is 119 Å². The average molecular weight is 666 g/mol. The number of carbonyl (C=O) groups excluding carboxylic acids is 2. The van der Waals surface area contributed by atoms with E-state index in [1.54, 1.807) is 16.7 Å². The predicted molar refractivity (Wildman–Crippen MR) is 183 cm³/mol. The summed E-state index contributed by atoms with van der Waals surface area (Å²) in [6.45, 7) is 8.36. The number of carbonyl (C=O) groups is 2. The highest BCUT2D eigenvalue weighted by Gasteiger charge is 2.65. The summed E-state index contributed by atoms with van der Waals surface area (Å²) in [5, 5.41) is 17.9. The van der Waals surface area contributed by atoms with E-state index in [1.165, 1.54) is 0 Å². The van der Waals surface area contributed by atoms with Gasteiger partial charge in [0.15, 0.2) is 5.60 Å². The molecule has 3 aliphatic heterocycles. The van der Waals surface area contributed by atoms with Crippen molar-refractivity contribution in [2.75, 3.05) is 36.7 Å². The number of aromatic nitrogens is 3. The minimum absolute atomic E-state index is 0.00962. The Morgan fingerprint density at radius 2 is 1.86 bits per heavy atom. The van der Waals surface area contributed by atoms with E-state index >= 15 is 4.79 Å². The number of nitrogens with zero attached hydrogens (tertiary/aromatic N) is 5. The fourth-order valence-electron chi connectivity index (χ4n) is 8.26. The number of rotatable bonds is 11. The zero-order valence-electron chi connectivity index (χ0n) is 28.4. The Bertz CT molecular complexity index is 1840. The van der Waals surface area contributed by atoms with E-state index in [2.05, 4.69) is 43.2 Å². The van der Waals surface area contributed by atoms with Crippen LogP contribution in [-0.4, -0.2) is 65.1 Å². The summed E-state index contributed by atoms with van der Waals surface area (Å²) < 4.78 is 19.6. The molecule has 1 aromatic heterocycles. The van der Waals surface area contributed by atoms with Crippen LogP contribution >= 0.6 is 0 Å². The van der Waals surface area contributed by atoms with Gasteiger partial charge in [-0.25, -0.2) is 4.79 Å². The highest BCUT2D eigenvalue weighted by atomic mass is 16.6. The number of ether oxygens (including phenoxy) is 3. The summed E-state index contributed by atoms with van der Waals surface area (Å²) in [5.41, 5.74) is 3.64. The lowest BCUT2D eigenvalue weighted by Crippen LogP contribution is -2.45. The van der Waals surface area contributed by atoms with E-state index in [0.29, 0.717) is 39.1 Å². The van der Waals surface area contributed by atoms with Crippen molar-refractivity contribution >= 4 is 23.4 Å². The van der Waals surface area contributed by atoms with Crippen LogP contribution in [0.4, 0.5) is 16.2 Å². The van der Waals surface area contributed by atoms with E-state index in [-0.39, 0.29) is 42.0 Å². The summed E-state index contributed by atoms with van der Waals surface area (Å²) >= 11 is 0. The smallest absolute Gasteiger partial charge is 0.414 e. The monoisotopic (exact) mass is 665 g/mol. The lowest BCUT2D eigenvalue weighted by molar-refractivity contribution is -0.146. The molecule has 256 valence electrons. The van der Waals surface area contributed by atoms with E-state index in [1.807, 2.05) is 71.8 Å². The van der Waals surface area contributed by atoms with Gasteiger partial charge in [0.1, 0.15) is 12.4 Å². The molecule has 2 saturated heterocycles. The van der Waals surface area contributed by atoms with Crippen molar-refractivity contribution in [3.63, 3.8) is 0 Å². The van der Waals surface area contributed by atoms with Crippen LogP contribution in [0, 0.1) is 11.8 Å². The van der Waals surface area contributed by atoms with Gasteiger partial charge in [0.25, 0.3) is 5.91 Å². The standard InChI is InChI=1S/C38H43N5O6/c1-25-34(37(2,3)27-12-14-30(47-4)15-13-27)33(16-18-41-24-28(17-20-44)39-40-41)49-38(25)31-10-5-6-11-32(31)43(35(38)45)23-26-8-7-9-29(22-26)42-19-21-48-36(42)46/h5-15,22,24-25,33-34,44H,16-21,23H2,1-4H3/t25-,33+,34-,38+/m1/s1. The van der Waals surface area contributed by atoms with Crippen molar-refractivity contribution in [3.05, 3.63) is 101 Å². The lowest BCUT2D eigenvalue weighted by atomic mass is 9.63. The fraction of sp³-hybridized carbons (Fsp3) is 0.421. The van der Waals surface area contributed by atoms with Crippen molar-refractivity contribution < 1.29 is 28.9 Å². The summed E-state index contributed by atoms with van der Waals surface area (Å²) in [4.78, 5) is 30.8. The van der Waals surface area contributed by atoms with Gasteiger partial charge in [-0.3, -0.25) is 14.4 Å². The first kappa shape index (κ1) is 32.8. The minimum Gasteiger partial charge on any atom is -0.497 e. The van der Waals surface area contributed by atoms with Crippen molar-refractivity contribution in [1.29, 1.82) is 0 Å². The van der Waals surface area contributed by atoms with Crippen molar-refractivity contribution in [2.45, 2.75) is 63.8 Å². The van der Waals surface area contributed by atoms with Crippen LogP contribution in [0.3, 0.4) is 0 Å². The number of benzene rings is 3. The lowest BCUT2D eigenvalue weighted by Gasteiger charge is -2.38. The molecule has 4 atom stereocenters. The van der Waals surface area contributed by atoms with Crippen LogP contribution in [0.2, 0.25) is 0 Å². The molecule has 7 rings (SSSR count). The van der Waals surface area contributed by atoms with Gasteiger partial charge in [0.2, 0.25) is 0 Å². The Labute approximate surface area is 286 Å². The highest BCUT2D eigenvalue weighted by molar-refractivity contribution is 6.07. The zero-order chi connectivity index (χ0) is 34.3. The largest absolute Gasteiger partial charge is 0.497 e. The Morgan fingerprint density at radius 1 is 1.06 bits per heavy atom. The number of cyclic esters (lactones) is 1. The minimum atomic E-state index is -1.20. The number of amides is 2. The number of aliphatic hydroxyl groups excluding tert-OH is 1. The number of aryl methyl sites for hydroxylation is 1. The normalized spacial score (nSPS) is 23.4. The third-order valence-electron chi connectivity index (χ3n) is 10.7. The Kier molecular flexibility index (Phi) is 8.66. The van der Waals surface area contributed by atoms with Gasteiger partial charge in [-0.2, -0.15) is 0 Å². The van der Waals surface area contributed by atoms with Crippen LogP contribution < -0.4 is 14.5 Å². The van der Waals surface area contributed by atoms with Crippen LogP contribution in [0.15, 0.2) is 79.0 Å². The molecule has 3 aromatic carbocycles. The Morgan fingerprint density at radius 3 is 2.59 bits per heavy atom. The molecule has 11 nitrogen and oxygen atoms in total. The molecule has 1 spiro atoms. The molecular weight excluding hydrogens is 622 g/mol. The van der Waals surface area contributed by atoms with Gasteiger partial charge in [0.05, 0.1) is 37.7 Å². The third-order valence-corrected chi connectivity index (χ3v) is 10.7. The Balaban J connectivity index is 1.25. The molecule has 4 aromatic rings. The van der Waals surface area contributed by atoms with E-state index < -0.39 is 5.60 Å². The summed E-state index contributed by atoms with van der Waals surface area (Å²) in [6.07, 6.45) is 2.26. The summed E-state index contributed by atoms with van der Waals surface area (Å²) in [5.74, 6) is 0.452. The van der Waals surface area contributed by atoms with Crippen LogP contribution in [0.1, 0.15) is 49.6 Å².